The Morgan fingerprint density at radius 2 is 1.66 bits per heavy atom. The summed E-state index contributed by atoms with van der Waals surface area (Å²) in [7, 11) is 0. The number of Topliss-reactive ketones (excluding diaryl/α,β-unsaturated/α-hetero) is 1. The number of aryl methyl sites for hydroxylation is 1. The van der Waals surface area contributed by atoms with Crippen molar-refractivity contribution >= 4 is 50.2 Å². The van der Waals surface area contributed by atoms with Gasteiger partial charge in [0.25, 0.3) is 0 Å². The Morgan fingerprint density at radius 3 is 2.40 bits per heavy atom. The number of benzene rings is 3. The van der Waals surface area contributed by atoms with Crippen molar-refractivity contribution < 1.29 is 19.1 Å². The predicted molar refractivity (Wildman–Crippen MR) is 138 cm³/mol. The van der Waals surface area contributed by atoms with Crippen LogP contribution in [0.3, 0.4) is 0 Å². The van der Waals surface area contributed by atoms with E-state index in [1.54, 1.807) is 48.7 Å². The van der Waals surface area contributed by atoms with Gasteiger partial charge < -0.3 is 10.1 Å². The summed E-state index contributed by atoms with van der Waals surface area (Å²) >= 11 is 3.48. The molecule has 1 amide bonds. The number of ether oxygens (including phenoxy) is 1. The standard InChI is InChI=1S/C28H23BrN2O4/c1-18-9-11-19(12-10-18)27(34)28(20-6-3-2-4-7-20)35-25(33)16-15-24(32)31-23-14-13-22(29)21-8-5-17-30-26(21)23/h2-14,17,28H,15-16H2,1H3,(H,31,32)/t28-/m1/s1. The molecule has 0 spiro atoms. The molecule has 0 aliphatic carbocycles. The van der Waals surface area contributed by atoms with E-state index in [9.17, 15) is 14.4 Å². The largest absolute Gasteiger partial charge is 0.449 e. The summed E-state index contributed by atoms with van der Waals surface area (Å²) in [6.45, 7) is 1.93. The van der Waals surface area contributed by atoms with Gasteiger partial charge in [-0.3, -0.25) is 19.4 Å². The van der Waals surface area contributed by atoms with Crippen molar-refractivity contribution in [3.05, 3.63) is 106 Å². The van der Waals surface area contributed by atoms with Gasteiger partial charge in [-0.25, -0.2) is 0 Å². The molecule has 0 fully saturated rings. The minimum Gasteiger partial charge on any atom is -0.449 e. The van der Waals surface area contributed by atoms with Crippen molar-refractivity contribution in [1.82, 2.24) is 4.98 Å². The molecule has 176 valence electrons. The van der Waals surface area contributed by atoms with Crippen LogP contribution in [0.15, 0.2) is 89.5 Å². The van der Waals surface area contributed by atoms with E-state index in [1.165, 1.54) is 0 Å². The van der Waals surface area contributed by atoms with Gasteiger partial charge in [0.1, 0.15) is 0 Å². The normalized spacial score (nSPS) is 11.6. The number of fused-ring (bicyclic) bond motifs is 1. The molecule has 0 aliphatic heterocycles. The lowest BCUT2D eigenvalue weighted by Gasteiger charge is -2.17. The molecule has 4 aromatic rings. The topological polar surface area (TPSA) is 85.4 Å². The molecule has 0 aliphatic rings. The van der Waals surface area contributed by atoms with Crippen LogP contribution in [0, 0.1) is 6.92 Å². The lowest BCUT2D eigenvalue weighted by Crippen LogP contribution is -2.21. The minimum atomic E-state index is -1.09. The number of ketones is 1. The molecule has 1 heterocycles. The van der Waals surface area contributed by atoms with E-state index in [1.807, 2.05) is 43.3 Å². The second-order valence-corrected chi connectivity index (χ2v) is 8.91. The van der Waals surface area contributed by atoms with Crippen molar-refractivity contribution in [1.29, 1.82) is 0 Å². The molecule has 0 bridgehead atoms. The predicted octanol–water partition coefficient (Wildman–Crippen LogP) is 6.19. The average Bonchev–Trinajstić information content (AvgIpc) is 2.88. The third-order valence-electron chi connectivity index (χ3n) is 5.47. The lowest BCUT2D eigenvalue weighted by atomic mass is 9.99. The van der Waals surface area contributed by atoms with E-state index in [4.69, 9.17) is 4.74 Å². The first kappa shape index (κ1) is 24.3. The van der Waals surface area contributed by atoms with Crippen LogP contribution in [-0.4, -0.2) is 22.6 Å². The number of carbonyl (C=O) groups excluding carboxylic acids is 3. The SMILES string of the molecule is Cc1ccc(C(=O)[C@H](OC(=O)CCC(=O)Nc2ccc(Br)c3cccnc23)c2ccccc2)cc1. The lowest BCUT2D eigenvalue weighted by molar-refractivity contribution is -0.148. The van der Waals surface area contributed by atoms with Crippen molar-refractivity contribution in [2.75, 3.05) is 5.32 Å². The van der Waals surface area contributed by atoms with Gasteiger partial charge in [-0.15, -0.1) is 0 Å². The molecule has 7 heteroatoms. The maximum absolute atomic E-state index is 13.2. The zero-order valence-corrected chi connectivity index (χ0v) is 20.6. The van der Waals surface area contributed by atoms with E-state index in [0.29, 0.717) is 22.3 Å². The molecular formula is C28H23BrN2O4. The van der Waals surface area contributed by atoms with Crippen LogP contribution in [-0.2, 0) is 14.3 Å². The van der Waals surface area contributed by atoms with Crippen LogP contribution in [0.4, 0.5) is 5.69 Å². The monoisotopic (exact) mass is 530 g/mol. The number of anilines is 1. The molecular weight excluding hydrogens is 508 g/mol. The van der Waals surface area contributed by atoms with Gasteiger partial charge >= 0.3 is 5.97 Å². The number of nitrogens with zero attached hydrogens (tertiary/aromatic N) is 1. The highest BCUT2D eigenvalue weighted by molar-refractivity contribution is 9.10. The van der Waals surface area contributed by atoms with E-state index in [2.05, 4.69) is 26.2 Å². The number of carbonyl (C=O) groups is 3. The minimum absolute atomic E-state index is 0.0938. The molecule has 0 unspecified atom stereocenters. The van der Waals surface area contributed by atoms with E-state index >= 15 is 0 Å². The highest BCUT2D eigenvalue weighted by Crippen LogP contribution is 2.28. The van der Waals surface area contributed by atoms with Crippen LogP contribution >= 0.6 is 15.9 Å². The van der Waals surface area contributed by atoms with E-state index in [-0.39, 0.29) is 24.5 Å². The number of nitrogens with one attached hydrogen (secondary N) is 1. The molecule has 35 heavy (non-hydrogen) atoms. The number of rotatable bonds is 8. The first-order valence-corrected chi connectivity index (χ1v) is 11.9. The van der Waals surface area contributed by atoms with Crippen LogP contribution in [0.25, 0.3) is 10.9 Å². The average molecular weight is 531 g/mol. The highest BCUT2D eigenvalue weighted by atomic mass is 79.9. The molecule has 0 saturated heterocycles. The molecule has 0 saturated carbocycles. The number of pyridine rings is 1. The number of aromatic nitrogens is 1. The summed E-state index contributed by atoms with van der Waals surface area (Å²) in [6.07, 6.45) is 0.298. The molecule has 0 radical (unpaired) electrons. The molecule has 1 aromatic heterocycles. The summed E-state index contributed by atoms with van der Waals surface area (Å²) < 4.78 is 6.45. The van der Waals surface area contributed by atoms with Gasteiger partial charge in [0.15, 0.2) is 6.10 Å². The van der Waals surface area contributed by atoms with Gasteiger partial charge in [-0.05, 0) is 25.1 Å². The first-order valence-electron chi connectivity index (χ1n) is 11.1. The summed E-state index contributed by atoms with van der Waals surface area (Å²) in [4.78, 5) is 42.7. The van der Waals surface area contributed by atoms with Gasteiger partial charge in [0, 0.05) is 33.6 Å². The fourth-order valence-corrected chi connectivity index (χ4v) is 4.08. The number of amides is 1. The van der Waals surface area contributed by atoms with Crippen molar-refractivity contribution in [2.24, 2.45) is 0 Å². The Balaban J connectivity index is 1.43. The Labute approximate surface area is 211 Å². The van der Waals surface area contributed by atoms with Crippen LogP contribution in [0.2, 0.25) is 0 Å². The maximum Gasteiger partial charge on any atom is 0.307 e. The molecule has 3 aromatic carbocycles. The molecule has 1 N–H and O–H groups in total. The van der Waals surface area contributed by atoms with Gasteiger partial charge in [-0.2, -0.15) is 0 Å². The Kier molecular flexibility index (Phi) is 7.67. The second kappa shape index (κ2) is 11.1. The van der Waals surface area contributed by atoms with Crippen molar-refractivity contribution in [3.8, 4) is 0 Å². The zero-order chi connectivity index (χ0) is 24.8. The van der Waals surface area contributed by atoms with E-state index in [0.717, 1.165) is 15.4 Å². The number of hydrogen-bond donors (Lipinski definition) is 1. The number of esters is 1. The third-order valence-corrected chi connectivity index (χ3v) is 6.16. The quantitative estimate of drug-likeness (QED) is 0.217. The van der Waals surface area contributed by atoms with Crippen LogP contribution in [0.5, 0.6) is 0 Å². The smallest absolute Gasteiger partial charge is 0.307 e. The summed E-state index contributed by atoms with van der Waals surface area (Å²) in [5.41, 5.74) is 3.24. The Bertz CT molecular complexity index is 1370. The maximum atomic E-state index is 13.2. The van der Waals surface area contributed by atoms with Gasteiger partial charge in [-0.1, -0.05) is 82.2 Å². The summed E-state index contributed by atoms with van der Waals surface area (Å²) in [5, 5.41) is 3.68. The van der Waals surface area contributed by atoms with Gasteiger partial charge in [0.05, 0.1) is 17.6 Å². The fourth-order valence-electron chi connectivity index (χ4n) is 3.63. The Morgan fingerprint density at radius 1 is 0.914 bits per heavy atom. The molecule has 6 nitrogen and oxygen atoms in total. The second-order valence-electron chi connectivity index (χ2n) is 8.05. The van der Waals surface area contributed by atoms with Crippen molar-refractivity contribution in [2.45, 2.75) is 25.9 Å². The summed E-state index contributed by atoms with van der Waals surface area (Å²) in [6, 6.07) is 23.3. The van der Waals surface area contributed by atoms with Gasteiger partial charge in [0.2, 0.25) is 11.7 Å². The molecule has 1 atom stereocenters. The Hall–Kier alpha value is -3.84. The van der Waals surface area contributed by atoms with E-state index < -0.39 is 12.1 Å². The zero-order valence-electron chi connectivity index (χ0n) is 19.0. The molecule has 4 rings (SSSR count). The number of halogens is 1. The highest BCUT2D eigenvalue weighted by Gasteiger charge is 2.26. The fraction of sp³-hybridized carbons (Fsp3) is 0.143. The van der Waals surface area contributed by atoms with Crippen LogP contribution in [0.1, 0.15) is 40.4 Å². The third kappa shape index (κ3) is 6.00. The van der Waals surface area contributed by atoms with Crippen molar-refractivity contribution in [3.63, 3.8) is 0 Å². The first-order chi connectivity index (χ1) is 16.9. The van der Waals surface area contributed by atoms with Crippen LogP contribution < -0.4 is 5.32 Å². The summed E-state index contributed by atoms with van der Waals surface area (Å²) in [5.74, 6) is -1.30. The number of hydrogen-bond acceptors (Lipinski definition) is 5.